The Kier molecular flexibility index (Phi) is 7.43. The number of ether oxygens (including phenoxy) is 2. The van der Waals surface area contributed by atoms with Crippen LogP contribution in [0, 0.1) is 5.92 Å². The molecular weight excluding hydrogens is 414 g/mol. The first-order valence-corrected chi connectivity index (χ1v) is 10.1. The molecule has 2 amide bonds. The molecule has 168 valence electrons. The van der Waals surface area contributed by atoms with Gasteiger partial charge in [0, 0.05) is 30.6 Å². The van der Waals surface area contributed by atoms with Crippen LogP contribution in [0.25, 0.3) is 0 Å². The zero-order chi connectivity index (χ0) is 23.1. The minimum Gasteiger partial charge on any atom is -0.497 e. The summed E-state index contributed by atoms with van der Waals surface area (Å²) in [6.07, 6.45) is 2.52. The van der Waals surface area contributed by atoms with Crippen LogP contribution in [0.1, 0.15) is 39.1 Å². The lowest BCUT2D eigenvalue weighted by molar-refractivity contribution is -0.126. The summed E-state index contributed by atoms with van der Waals surface area (Å²) in [5.74, 6) is -0.514. The Bertz CT molecular complexity index is 989. The first-order valence-electron chi connectivity index (χ1n) is 10.1. The number of methoxy groups -OCH3 is 2. The third-order valence-electron chi connectivity index (χ3n) is 5.30. The fourth-order valence-electron chi connectivity index (χ4n) is 3.43. The summed E-state index contributed by atoms with van der Waals surface area (Å²) in [7, 11) is 3.06. The summed E-state index contributed by atoms with van der Waals surface area (Å²) in [6.45, 7) is 0.910. The van der Waals surface area contributed by atoms with Crippen molar-refractivity contribution in [3.05, 3.63) is 59.2 Å². The Balaban J connectivity index is 1.52. The minimum atomic E-state index is -1.00. The van der Waals surface area contributed by atoms with Gasteiger partial charge >= 0.3 is 5.97 Å². The Labute approximate surface area is 185 Å². The van der Waals surface area contributed by atoms with E-state index in [-0.39, 0.29) is 23.3 Å². The molecule has 0 aromatic heterocycles. The third-order valence-corrected chi connectivity index (χ3v) is 5.30. The molecule has 32 heavy (non-hydrogen) atoms. The lowest BCUT2D eigenvalue weighted by Gasteiger charge is -2.31. The van der Waals surface area contributed by atoms with Crippen molar-refractivity contribution in [2.75, 3.05) is 27.3 Å². The van der Waals surface area contributed by atoms with E-state index in [9.17, 15) is 14.4 Å². The van der Waals surface area contributed by atoms with Gasteiger partial charge in [0.25, 0.3) is 5.91 Å². The second-order valence-corrected chi connectivity index (χ2v) is 7.33. The number of hydrogen-bond acceptors (Lipinski definition) is 6. The first-order chi connectivity index (χ1) is 15.4. The van der Waals surface area contributed by atoms with E-state index < -0.39 is 5.97 Å². The maximum Gasteiger partial charge on any atom is 0.335 e. The zero-order valence-electron chi connectivity index (χ0n) is 17.9. The summed E-state index contributed by atoms with van der Waals surface area (Å²) in [4.78, 5) is 37.8. The SMILES string of the molecule is COc1cc(OC)cc(C(=O)N2CCC(C(=O)N/N=C\c3ccc(C(=O)O)cc3)CC2)c1. The summed E-state index contributed by atoms with van der Waals surface area (Å²) < 4.78 is 10.5. The van der Waals surface area contributed by atoms with E-state index in [0.717, 1.165) is 0 Å². The molecule has 1 saturated heterocycles. The second-order valence-electron chi connectivity index (χ2n) is 7.33. The number of benzene rings is 2. The Morgan fingerprint density at radius 2 is 1.59 bits per heavy atom. The molecule has 1 heterocycles. The van der Waals surface area contributed by atoms with Gasteiger partial charge < -0.3 is 19.5 Å². The van der Waals surface area contributed by atoms with Gasteiger partial charge in [0.1, 0.15) is 11.5 Å². The number of hydrogen-bond donors (Lipinski definition) is 2. The fourth-order valence-corrected chi connectivity index (χ4v) is 3.43. The second kappa shape index (κ2) is 10.4. The molecule has 2 N–H and O–H groups in total. The highest BCUT2D eigenvalue weighted by Crippen LogP contribution is 2.25. The summed E-state index contributed by atoms with van der Waals surface area (Å²) in [6, 6.07) is 11.2. The molecule has 0 atom stereocenters. The van der Waals surface area contributed by atoms with Crippen LogP contribution in [0.5, 0.6) is 11.5 Å². The van der Waals surface area contributed by atoms with Crippen LogP contribution >= 0.6 is 0 Å². The van der Waals surface area contributed by atoms with Crippen molar-refractivity contribution in [3.8, 4) is 11.5 Å². The number of nitrogens with zero attached hydrogens (tertiary/aromatic N) is 2. The number of carbonyl (C=O) groups excluding carboxylic acids is 2. The highest BCUT2D eigenvalue weighted by Gasteiger charge is 2.28. The van der Waals surface area contributed by atoms with Crippen molar-refractivity contribution in [1.29, 1.82) is 0 Å². The van der Waals surface area contributed by atoms with Crippen molar-refractivity contribution in [1.82, 2.24) is 10.3 Å². The predicted molar refractivity (Wildman–Crippen MR) is 117 cm³/mol. The fraction of sp³-hybridized carbons (Fsp3) is 0.304. The van der Waals surface area contributed by atoms with Gasteiger partial charge in [-0.25, -0.2) is 10.2 Å². The molecule has 1 aliphatic heterocycles. The van der Waals surface area contributed by atoms with E-state index in [1.807, 2.05) is 0 Å². The Morgan fingerprint density at radius 3 is 2.12 bits per heavy atom. The molecule has 2 aromatic rings. The molecule has 0 aliphatic carbocycles. The molecular formula is C23H25N3O6. The van der Waals surface area contributed by atoms with Crippen LogP contribution in [-0.2, 0) is 4.79 Å². The molecule has 1 aliphatic rings. The molecule has 0 radical (unpaired) electrons. The van der Waals surface area contributed by atoms with Gasteiger partial charge in [-0.1, -0.05) is 12.1 Å². The topological polar surface area (TPSA) is 118 Å². The highest BCUT2D eigenvalue weighted by molar-refractivity contribution is 5.95. The molecule has 9 nitrogen and oxygen atoms in total. The number of likely N-dealkylation sites (tertiary alicyclic amines) is 1. The maximum atomic E-state index is 12.9. The lowest BCUT2D eigenvalue weighted by Crippen LogP contribution is -2.42. The maximum absolute atomic E-state index is 12.9. The number of aromatic carboxylic acids is 1. The number of piperidine rings is 1. The van der Waals surface area contributed by atoms with E-state index in [2.05, 4.69) is 10.5 Å². The van der Waals surface area contributed by atoms with E-state index in [4.69, 9.17) is 14.6 Å². The molecule has 0 bridgehead atoms. The van der Waals surface area contributed by atoms with Crippen molar-refractivity contribution in [3.63, 3.8) is 0 Å². The van der Waals surface area contributed by atoms with Crippen molar-refractivity contribution in [2.45, 2.75) is 12.8 Å². The number of carboxylic acid groups (broad SMARTS) is 1. The summed E-state index contributed by atoms with van der Waals surface area (Å²) in [5.41, 5.74) is 3.85. The van der Waals surface area contributed by atoms with Crippen molar-refractivity contribution >= 4 is 24.0 Å². The number of rotatable bonds is 7. The number of nitrogens with one attached hydrogen (secondary N) is 1. The molecule has 0 spiro atoms. The van der Waals surface area contributed by atoms with E-state index in [1.54, 1.807) is 35.2 Å². The molecule has 0 unspecified atom stereocenters. The molecule has 1 fully saturated rings. The van der Waals surface area contributed by atoms with Crippen molar-refractivity contribution < 1.29 is 29.0 Å². The molecule has 2 aromatic carbocycles. The van der Waals surface area contributed by atoms with Crippen LogP contribution in [0.2, 0.25) is 0 Å². The van der Waals surface area contributed by atoms with Gasteiger partial charge in [-0.15, -0.1) is 0 Å². The molecule has 3 rings (SSSR count). The molecule has 9 heteroatoms. The van der Waals surface area contributed by atoms with E-state index >= 15 is 0 Å². The van der Waals surface area contributed by atoms with Gasteiger partial charge in [-0.2, -0.15) is 5.10 Å². The Morgan fingerprint density at radius 1 is 1.00 bits per heavy atom. The third kappa shape index (κ3) is 5.63. The standard InChI is InChI=1S/C23H25N3O6/c1-31-19-11-18(12-20(13-19)32-2)22(28)26-9-7-16(8-10-26)21(27)25-24-14-15-3-5-17(6-4-15)23(29)30/h3-6,11-14,16H,7-10H2,1-2H3,(H,25,27)(H,29,30)/b24-14-. The Hall–Kier alpha value is -3.88. The highest BCUT2D eigenvalue weighted by atomic mass is 16.5. The first kappa shape index (κ1) is 22.8. The normalized spacial score (nSPS) is 14.2. The minimum absolute atomic E-state index is 0.135. The largest absolute Gasteiger partial charge is 0.497 e. The number of amides is 2. The van der Waals surface area contributed by atoms with Crippen LogP contribution in [-0.4, -0.2) is 61.3 Å². The number of hydrazone groups is 1. The van der Waals surface area contributed by atoms with Crippen LogP contribution in [0.4, 0.5) is 0 Å². The van der Waals surface area contributed by atoms with Crippen LogP contribution in [0.15, 0.2) is 47.6 Å². The van der Waals surface area contributed by atoms with Gasteiger partial charge in [-0.05, 0) is 42.7 Å². The van der Waals surface area contributed by atoms with Crippen LogP contribution < -0.4 is 14.9 Å². The van der Waals surface area contributed by atoms with Crippen molar-refractivity contribution in [2.24, 2.45) is 11.0 Å². The molecule has 0 saturated carbocycles. The number of carboxylic acids is 1. The van der Waals surface area contributed by atoms with E-state index in [1.165, 1.54) is 32.6 Å². The monoisotopic (exact) mass is 439 g/mol. The number of carbonyl (C=O) groups is 3. The van der Waals surface area contributed by atoms with E-state index in [0.29, 0.717) is 48.6 Å². The van der Waals surface area contributed by atoms with Gasteiger partial charge in [-0.3, -0.25) is 9.59 Å². The van der Waals surface area contributed by atoms with Gasteiger partial charge in [0.15, 0.2) is 0 Å². The summed E-state index contributed by atoms with van der Waals surface area (Å²) in [5, 5.41) is 12.9. The van der Waals surface area contributed by atoms with Gasteiger partial charge in [0.2, 0.25) is 5.91 Å². The van der Waals surface area contributed by atoms with Crippen LogP contribution in [0.3, 0.4) is 0 Å². The zero-order valence-corrected chi connectivity index (χ0v) is 17.9. The van der Waals surface area contributed by atoms with Gasteiger partial charge in [0.05, 0.1) is 26.0 Å². The summed E-state index contributed by atoms with van der Waals surface area (Å²) >= 11 is 0. The predicted octanol–water partition coefficient (Wildman–Crippen LogP) is 2.40. The average molecular weight is 439 g/mol. The lowest BCUT2D eigenvalue weighted by atomic mass is 9.95. The quantitative estimate of drug-likeness (QED) is 0.505. The smallest absolute Gasteiger partial charge is 0.335 e. The average Bonchev–Trinajstić information content (AvgIpc) is 2.83.